The Labute approximate surface area is 107 Å². The van der Waals surface area contributed by atoms with Gasteiger partial charge in [0.05, 0.1) is 5.75 Å². The van der Waals surface area contributed by atoms with Gasteiger partial charge in [0.2, 0.25) is 5.91 Å². The van der Waals surface area contributed by atoms with Crippen molar-refractivity contribution in [1.29, 1.82) is 0 Å². The molecule has 0 radical (unpaired) electrons. The normalized spacial score (nSPS) is 17.2. The summed E-state index contributed by atoms with van der Waals surface area (Å²) in [4.78, 5) is 11.5. The average molecular weight is 249 g/mol. The Morgan fingerprint density at radius 3 is 2.59 bits per heavy atom. The largest absolute Gasteiger partial charge is 0.354 e. The molecule has 1 N–H and O–H groups in total. The molecule has 1 amide bonds. The van der Waals surface area contributed by atoms with E-state index < -0.39 is 0 Å². The van der Waals surface area contributed by atoms with Gasteiger partial charge >= 0.3 is 0 Å². The lowest BCUT2D eigenvalue weighted by Gasteiger charge is -2.42. The van der Waals surface area contributed by atoms with Gasteiger partial charge in [-0.25, -0.2) is 0 Å². The van der Waals surface area contributed by atoms with Crippen LogP contribution < -0.4 is 5.32 Å². The highest BCUT2D eigenvalue weighted by Gasteiger charge is 2.38. The Hall–Kier alpha value is -0.960. The zero-order valence-electron chi connectivity index (χ0n) is 10.2. The number of benzene rings is 1. The number of hydrogen-bond acceptors (Lipinski definition) is 2. The predicted octanol–water partition coefficient (Wildman–Crippen LogP) is 2.59. The number of amides is 1. The highest BCUT2D eigenvalue weighted by Crippen LogP contribution is 2.43. The van der Waals surface area contributed by atoms with Gasteiger partial charge in [-0.15, -0.1) is 0 Å². The fourth-order valence-corrected chi connectivity index (χ4v) is 2.78. The van der Waals surface area contributed by atoms with Crippen LogP contribution in [0.2, 0.25) is 0 Å². The first kappa shape index (κ1) is 12.5. The smallest absolute Gasteiger partial charge is 0.230 e. The summed E-state index contributed by atoms with van der Waals surface area (Å²) in [6.45, 7) is 0.788. The van der Waals surface area contributed by atoms with Crippen LogP contribution in [0.15, 0.2) is 30.3 Å². The van der Waals surface area contributed by atoms with Crippen molar-refractivity contribution < 1.29 is 4.79 Å². The summed E-state index contributed by atoms with van der Waals surface area (Å²) in [6, 6.07) is 10.6. The fraction of sp³-hybridized carbons (Fsp3) is 0.500. The minimum Gasteiger partial charge on any atom is -0.354 e. The molecule has 0 aromatic heterocycles. The first-order valence-electron chi connectivity index (χ1n) is 6.08. The molecule has 0 bridgehead atoms. The van der Waals surface area contributed by atoms with E-state index in [1.807, 2.05) is 12.3 Å². The van der Waals surface area contributed by atoms with E-state index in [0.29, 0.717) is 5.75 Å². The second kappa shape index (κ2) is 5.58. The van der Waals surface area contributed by atoms with Crippen molar-refractivity contribution in [3.05, 3.63) is 35.9 Å². The van der Waals surface area contributed by atoms with Gasteiger partial charge in [-0.3, -0.25) is 4.79 Å². The van der Waals surface area contributed by atoms with Crippen LogP contribution in [0.5, 0.6) is 0 Å². The second-order valence-electron chi connectivity index (χ2n) is 4.71. The molecule has 1 aromatic carbocycles. The fourth-order valence-electron chi connectivity index (χ4n) is 2.41. The topological polar surface area (TPSA) is 29.1 Å². The van der Waals surface area contributed by atoms with Crippen LogP contribution in [0.3, 0.4) is 0 Å². The van der Waals surface area contributed by atoms with Crippen molar-refractivity contribution in [3.8, 4) is 0 Å². The van der Waals surface area contributed by atoms with E-state index in [0.717, 1.165) is 6.54 Å². The lowest BCUT2D eigenvalue weighted by molar-refractivity contribution is -0.119. The molecule has 1 aromatic rings. The molecular weight excluding hydrogens is 230 g/mol. The maximum atomic E-state index is 11.5. The molecule has 2 nitrogen and oxygen atoms in total. The monoisotopic (exact) mass is 249 g/mol. The zero-order valence-corrected chi connectivity index (χ0v) is 11.1. The van der Waals surface area contributed by atoms with Gasteiger partial charge in [0.15, 0.2) is 0 Å². The lowest BCUT2D eigenvalue weighted by atomic mass is 9.64. The summed E-state index contributed by atoms with van der Waals surface area (Å²) in [6.07, 6.45) is 5.61. The zero-order chi connectivity index (χ0) is 12.1. The first-order valence-corrected chi connectivity index (χ1v) is 7.47. The van der Waals surface area contributed by atoms with Crippen LogP contribution in [0.25, 0.3) is 0 Å². The predicted molar refractivity (Wildman–Crippen MR) is 73.4 cm³/mol. The van der Waals surface area contributed by atoms with Crippen molar-refractivity contribution in [1.82, 2.24) is 5.32 Å². The number of rotatable bonds is 5. The number of thioether (sulfide) groups is 1. The lowest BCUT2D eigenvalue weighted by Crippen LogP contribution is -2.46. The van der Waals surface area contributed by atoms with Gasteiger partial charge in [-0.2, -0.15) is 11.8 Å². The van der Waals surface area contributed by atoms with Crippen LogP contribution >= 0.6 is 11.8 Å². The summed E-state index contributed by atoms with van der Waals surface area (Å²) in [5.74, 6) is 0.713. The van der Waals surface area contributed by atoms with Gasteiger partial charge in [-0.05, 0) is 24.7 Å². The van der Waals surface area contributed by atoms with Crippen molar-refractivity contribution in [2.45, 2.75) is 24.7 Å². The average Bonchev–Trinajstić information content (AvgIpc) is 2.29. The SMILES string of the molecule is CSCC(=O)NCC1(c2ccccc2)CCC1. The van der Waals surface area contributed by atoms with E-state index in [-0.39, 0.29) is 11.3 Å². The van der Waals surface area contributed by atoms with Crippen molar-refractivity contribution in [3.63, 3.8) is 0 Å². The van der Waals surface area contributed by atoms with Gasteiger partial charge < -0.3 is 5.32 Å². The van der Waals surface area contributed by atoms with Crippen molar-refractivity contribution in [2.75, 3.05) is 18.6 Å². The molecule has 1 aliphatic carbocycles. The van der Waals surface area contributed by atoms with Crippen LogP contribution in [-0.2, 0) is 10.2 Å². The standard InChI is InChI=1S/C14H19NOS/c1-17-10-13(16)15-11-14(8-5-9-14)12-6-3-2-4-7-12/h2-4,6-7H,5,8-11H2,1H3,(H,15,16). The van der Waals surface area contributed by atoms with Crippen LogP contribution in [0.1, 0.15) is 24.8 Å². The Morgan fingerprint density at radius 1 is 1.35 bits per heavy atom. The van der Waals surface area contributed by atoms with E-state index >= 15 is 0 Å². The maximum absolute atomic E-state index is 11.5. The molecule has 0 atom stereocenters. The molecule has 3 heteroatoms. The minimum atomic E-state index is 0.153. The highest BCUT2D eigenvalue weighted by molar-refractivity contribution is 7.99. The molecule has 1 aliphatic rings. The molecule has 1 saturated carbocycles. The molecule has 0 heterocycles. The molecular formula is C14H19NOS. The van der Waals surface area contributed by atoms with E-state index in [2.05, 4.69) is 29.6 Å². The first-order chi connectivity index (χ1) is 8.27. The summed E-state index contributed by atoms with van der Waals surface area (Å²) >= 11 is 1.57. The summed E-state index contributed by atoms with van der Waals surface area (Å²) < 4.78 is 0. The highest BCUT2D eigenvalue weighted by atomic mass is 32.2. The van der Waals surface area contributed by atoms with Crippen LogP contribution in [-0.4, -0.2) is 24.5 Å². The maximum Gasteiger partial charge on any atom is 0.230 e. The number of nitrogens with one attached hydrogen (secondary N) is 1. The number of carbonyl (C=O) groups excluding carboxylic acids is 1. The van der Waals surface area contributed by atoms with Gasteiger partial charge in [0, 0.05) is 12.0 Å². The molecule has 0 unspecified atom stereocenters. The summed E-state index contributed by atoms with van der Waals surface area (Å²) in [5.41, 5.74) is 1.57. The molecule has 92 valence electrons. The van der Waals surface area contributed by atoms with Crippen LogP contribution in [0.4, 0.5) is 0 Å². The third kappa shape index (κ3) is 2.83. The Morgan fingerprint density at radius 2 is 2.06 bits per heavy atom. The Balaban J connectivity index is 1.99. The third-order valence-electron chi connectivity index (χ3n) is 3.60. The van der Waals surface area contributed by atoms with E-state index in [1.165, 1.54) is 24.8 Å². The van der Waals surface area contributed by atoms with Gasteiger partial charge in [-0.1, -0.05) is 36.8 Å². The minimum absolute atomic E-state index is 0.153. The van der Waals surface area contributed by atoms with E-state index in [4.69, 9.17) is 0 Å². The van der Waals surface area contributed by atoms with Crippen molar-refractivity contribution >= 4 is 17.7 Å². The molecule has 0 saturated heterocycles. The molecule has 2 rings (SSSR count). The van der Waals surface area contributed by atoms with Crippen molar-refractivity contribution in [2.24, 2.45) is 0 Å². The third-order valence-corrected chi connectivity index (χ3v) is 4.15. The van der Waals surface area contributed by atoms with Crippen LogP contribution in [0, 0.1) is 0 Å². The summed E-state index contributed by atoms with van der Waals surface area (Å²) in [5, 5.41) is 3.07. The van der Waals surface area contributed by atoms with E-state index in [9.17, 15) is 4.79 Å². The molecule has 0 spiro atoms. The Bertz CT molecular complexity index is 373. The van der Waals surface area contributed by atoms with Gasteiger partial charge in [0.1, 0.15) is 0 Å². The summed E-state index contributed by atoms with van der Waals surface area (Å²) in [7, 11) is 0. The second-order valence-corrected chi connectivity index (χ2v) is 5.58. The quantitative estimate of drug-likeness (QED) is 0.869. The number of hydrogen-bond donors (Lipinski definition) is 1. The Kier molecular flexibility index (Phi) is 4.11. The number of carbonyl (C=O) groups is 1. The van der Waals surface area contributed by atoms with Gasteiger partial charge in [0.25, 0.3) is 0 Å². The molecule has 0 aliphatic heterocycles. The molecule has 1 fully saturated rings. The van der Waals surface area contributed by atoms with E-state index in [1.54, 1.807) is 11.8 Å². The molecule has 17 heavy (non-hydrogen) atoms.